The van der Waals surface area contributed by atoms with Gasteiger partial charge in [0.15, 0.2) is 0 Å². The third kappa shape index (κ3) is 9.16. The van der Waals surface area contributed by atoms with E-state index in [4.69, 9.17) is 9.47 Å². The van der Waals surface area contributed by atoms with Crippen LogP contribution in [0.4, 0.5) is 4.79 Å². The van der Waals surface area contributed by atoms with Gasteiger partial charge in [0.2, 0.25) is 0 Å². The molecule has 0 bridgehead atoms. The molecule has 1 aliphatic rings. The van der Waals surface area contributed by atoms with Crippen molar-refractivity contribution in [1.29, 1.82) is 0 Å². The molecular weight excluding hydrogens is 292 g/mol. The zero-order valence-electron chi connectivity index (χ0n) is 15.6. The van der Waals surface area contributed by atoms with E-state index in [0.29, 0.717) is 24.4 Å². The first-order valence-electron chi connectivity index (χ1n) is 9.01. The molecule has 0 aromatic heterocycles. The van der Waals surface area contributed by atoms with E-state index in [1.165, 1.54) is 32.1 Å². The molecule has 0 aliphatic heterocycles. The van der Waals surface area contributed by atoms with Crippen LogP contribution < -0.4 is 10.6 Å². The summed E-state index contributed by atoms with van der Waals surface area (Å²) in [5.41, 5.74) is -0.454. The molecule has 2 N–H and O–H groups in total. The fourth-order valence-electron chi connectivity index (χ4n) is 3.15. The van der Waals surface area contributed by atoms with Crippen LogP contribution in [-0.4, -0.2) is 44.5 Å². The summed E-state index contributed by atoms with van der Waals surface area (Å²) in [5.74, 6) is 1.10. The predicted molar refractivity (Wildman–Crippen MR) is 93.6 cm³/mol. The minimum Gasteiger partial charge on any atom is -0.444 e. The largest absolute Gasteiger partial charge is 0.444 e. The molecule has 0 heterocycles. The maximum atomic E-state index is 11.9. The number of nitrogens with one attached hydrogen (secondary N) is 2. The summed E-state index contributed by atoms with van der Waals surface area (Å²) in [4.78, 5) is 11.9. The second kappa shape index (κ2) is 10.1. The molecule has 0 saturated heterocycles. The van der Waals surface area contributed by atoms with E-state index in [0.717, 1.165) is 13.2 Å². The van der Waals surface area contributed by atoms with Gasteiger partial charge >= 0.3 is 6.09 Å². The van der Waals surface area contributed by atoms with Crippen LogP contribution in [0.25, 0.3) is 0 Å². The minimum atomic E-state index is -0.454. The van der Waals surface area contributed by atoms with Crippen LogP contribution in [0.15, 0.2) is 0 Å². The van der Waals surface area contributed by atoms with Gasteiger partial charge in [0.05, 0.1) is 0 Å². The first-order valence-corrected chi connectivity index (χ1v) is 9.01. The van der Waals surface area contributed by atoms with Crippen molar-refractivity contribution in [2.45, 2.75) is 71.4 Å². The van der Waals surface area contributed by atoms with Gasteiger partial charge in [0.25, 0.3) is 0 Å². The van der Waals surface area contributed by atoms with Crippen molar-refractivity contribution in [3.63, 3.8) is 0 Å². The highest BCUT2D eigenvalue weighted by Gasteiger charge is 2.25. The van der Waals surface area contributed by atoms with Crippen LogP contribution in [-0.2, 0) is 9.47 Å². The third-order valence-electron chi connectivity index (χ3n) is 4.26. The molecule has 5 nitrogen and oxygen atoms in total. The number of hydrogen-bond acceptors (Lipinski definition) is 4. The Labute approximate surface area is 141 Å². The van der Waals surface area contributed by atoms with Gasteiger partial charge in [-0.25, -0.2) is 4.79 Å². The quantitative estimate of drug-likeness (QED) is 0.717. The Bertz CT molecular complexity index is 336. The number of carbonyl (C=O) groups is 1. The van der Waals surface area contributed by atoms with Crippen LogP contribution >= 0.6 is 0 Å². The van der Waals surface area contributed by atoms with E-state index in [-0.39, 0.29) is 6.09 Å². The first-order chi connectivity index (χ1) is 10.8. The third-order valence-corrected chi connectivity index (χ3v) is 4.26. The Morgan fingerprint density at radius 2 is 1.83 bits per heavy atom. The lowest BCUT2D eigenvalue weighted by Gasteiger charge is -2.32. The second-order valence-electron chi connectivity index (χ2n) is 7.86. The van der Waals surface area contributed by atoms with E-state index >= 15 is 0 Å². The van der Waals surface area contributed by atoms with Gasteiger partial charge in [0, 0.05) is 32.8 Å². The second-order valence-corrected chi connectivity index (χ2v) is 7.86. The smallest absolute Gasteiger partial charge is 0.407 e. The zero-order chi connectivity index (χ0) is 17.3. The average Bonchev–Trinajstić information content (AvgIpc) is 2.46. The molecule has 0 aromatic rings. The average molecular weight is 328 g/mol. The molecule has 1 rings (SSSR count). The van der Waals surface area contributed by atoms with Crippen molar-refractivity contribution in [3.8, 4) is 0 Å². The molecule has 2 atom stereocenters. The van der Waals surface area contributed by atoms with Crippen molar-refractivity contribution >= 4 is 6.09 Å². The number of methoxy groups -OCH3 is 1. The maximum Gasteiger partial charge on any atom is 0.407 e. The van der Waals surface area contributed by atoms with Crippen LogP contribution in [0.2, 0.25) is 0 Å². The molecular formula is C18H36N2O3. The summed E-state index contributed by atoms with van der Waals surface area (Å²) < 4.78 is 10.5. The molecule has 1 aliphatic carbocycles. The molecule has 136 valence electrons. The van der Waals surface area contributed by atoms with E-state index < -0.39 is 5.60 Å². The maximum absolute atomic E-state index is 11.9. The summed E-state index contributed by atoms with van der Waals surface area (Å²) >= 11 is 0. The molecule has 1 fully saturated rings. The molecule has 0 radical (unpaired) electrons. The standard InChI is InChI=1S/C18H36N2O3/c1-14(13-22-5)11-19-16(15-9-7-6-8-10-15)12-20-17(21)23-18(2,3)4/h14-16,19H,6-13H2,1-5H3,(H,20,21). The summed E-state index contributed by atoms with van der Waals surface area (Å²) in [5, 5.41) is 6.58. The molecule has 0 aromatic carbocycles. The van der Waals surface area contributed by atoms with Crippen molar-refractivity contribution in [2.75, 3.05) is 26.8 Å². The topological polar surface area (TPSA) is 59.6 Å². The zero-order valence-corrected chi connectivity index (χ0v) is 15.6. The Morgan fingerprint density at radius 3 is 2.39 bits per heavy atom. The van der Waals surface area contributed by atoms with Crippen LogP contribution in [0.3, 0.4) is 0 Å². The highest BCUT2D eigenvalue weighted by atomic mass is 16.6. The van der Waals surface area contributed by atoms with E-state index in [1.807, 2.05) is 20.8 Å². The van der Waals surface area contributed by atoms with Crippen molar-refractivity contribution in [1.82, 2.24) is 10.6 Å². The number of amides is 1. The Hall–Kier alpha value is -0.810. The molecule has 1 amide bonds. The number of ether oxygens (including phenoxy) is 2. The van der Waals surface area contributed by atoms with Crippen LogP contribution in [0.1, 0.15) is 59.8 Å². The van der Waals surface area contributed by atoms with Crippen LogP contribution in [0.5, 0.6) is 0 Å². The number of alkyl carbamates (subject to hydrolysis) is 1. The van der Waals surface area contributed by atoms with Gasteiger partial charge in [0.1, 0.15) is 5.60 Å². The lowest BCUT2D eigenvalue weighted by atomic mass is 9.83. The van der Waals surface area contributed by atoms with Crippen LogP contribution in [0, 0.1) is 11.8 Å². The lowest BCUT2D eigenvalue weighted by molar-refractivity contribution is 0.0514. The Morgan fingerprint density at radius 1 is 1.17 bits per heavy atom. The molecule has 23 heavy (non-hydrogen) atoms. The molecule has 0 spiro atoms. The molecule has 5 heteroatoms. The van der Waals surface area contributed by atoms with Gasteiger partial charge in [-0.15, -0.1) is 0 Å². The monoisotopic (exact) mass is 328 g/mol. The lowest BCUT2D eigenvalue weighted by Crippen LogP contribution is -2.48. The normalized spacial score (nSPS) is 19.2. The fourth-order valence-corrected chi connectivity index (χ4v) is 3.15. The highest BCUT2D eigenvalue weighted by molar-refractivity contribution is 5.67. The fraction of sp³-hybridized carbons (Fsp3) is 0.944. The van der Waals surface area contributed by atoms with E-state index in [2.05, 4.69) is 17.6 Å². The van der Waals surface area contributed by atoms with Gasteiger partial charge < -0.3 is 20.1 Å². The van der Waals surface area contributed by atoms with E-state index in [9.17, 15) is 4.79 Å². The summed E-state index contributed by atoms with van der Waals surface area (Å²) in [7, 11) is 1.74. The Kier molecular flexibility index (Phi) is 8.92. The van der Waals surface area contributed by atoms with Crippen molar-refractivity contribution in [2.24, 2.45) is 11.8 Å². The van der Waals surface area contributed by atoms with Gasteiger partial charge in [-0.1, -0.05) is 26.2 Å². The first kappa shape index (κ1) is 20.2. The van der Waals surface area contributed by atoms with Crippen molar-refractivity contribution < 1.29 is 14.3 Å². The summed E-state index contributed by atoms with van der Waals surface area (Å²) in [6.45, 7) is 10.1. The number of carbonyl (C=O) groups excluding carboxylic acids is 1. The predicted octanol–water partition coefficient (Wildman–Crippen LogP) is 3.33. The molecule has 2 unspecified atom stereocenters. The Balaban J connectivity index is 2.48. The highest BCUT2D eigenvalue weighted by Crippen LogP contribution is 2.26. The van der Waals surface area contributed by atoms with Gasteiger partial charge in [-0.2, -0.15) is 0 Å². The number of rotatable bonds is 8. The van der Waals surface area contributed by atoms with Gasteiger partial charge in [-0.3, -0.25) is 0 Å². The number of hydrogen-bond donors (Lipinski definition) is 2. The summed E-state index contributed by atoms with van der Waals surface area (Å²) in [6.07, 6.45) is 6.08. The van der Waals surface area contributed by atoms with Crippen molar-refractivity contribution in [3.05, 3.63) is 0 Å². The summed E-state index contributed by atoms with van der Waals surface area (Å²) in [6, 6.07) is 0.308. The van der Waals surface area contributed by atoms with Gasteiger partial charge in [-0.05, 0) is 45.4 Å². The minimum absolute atomic E-state index is 0.308. The molecule has 1 saturated carbocycles. The van der Waals surface area contributed by atoms with E-state index in [1.54, 1.807) is 7.11 Å². The SMILES string of the molecule is COCC(C)CNC(CNC(=O)OC(C)(C)C)C1CCCCC1.